The molecule has 0 bridgehead atoms. The highest BCUT2D eigenvalue weighted by Crippen LogP contribution is 2.68. The predicted molar refractivity (Wildman–Crippen MR) is 93.5 cm³/mol. The van der Waals surface area contributed by atoms with Crippen molar-refractivity contribution in [1.82, 2.24) is 0 Å². The molecule has 0 aliphatic heterocycles. The number of aliphatic hydroxyl groups is 2. The standard InChI is InChI=1S/C21H32O3/c1-19-11-13(12-22)18(23)10-14(19)4-5-15-16(19)6-8-20(2)17(15)7-9-21(20,3)24/h12,14-17,22,24H,4-11H2,1-3H3/t14?,15-,16-,17+,19+,20+,21?/m1/s1. The van der Waals surface area contributed by atoms with Crippen molar-refractivity contribution in [2.24, 2.45) is 34.5 Å². The number of hydrogen-bond acceptors (Lipinski definition) is 3. The second kappa shape index (κ2) is 5.09. The lowest BCUT2D eigenvalue weighted by molar-refractivity contribution is -0.147. The molecule has 0 aromatic carbocycles. The van der Waals surface area contributed by atoms with Crippen molar-refractivity contribution in [3.05, 3.63) is 11.8 Å². The van der Waals surface area contributed by atoms with Gasteiger partial charge in [-0.2, -0.15) is 0 Å². The molecule has 0 aromatic rings. The normalized spacial score (nSPS) is 55.8. The molecule has 4 saturated carbocycles. The van der Waals surface area contributed by atoms with E-state index in [-0.39, 0.29) is 16.6 Å². The first-order valence-electron chi connectivity index (χ1n) is 9.82. The van der Waals surface area contributed by atoms with Gasteiger partial charge in [-0.05, 0) is 86.4 Å². The van der Waals surface area contributed by atoms with Crippen LogP contribution in [-0.4, -0.2) is 21.6 Å². The van der Waals surface area contributed by atoms with Crippen LogP contribution in [0, 0.1) is 34.5 Å². The minimum Gasteiger partial charge on any atom is -0.515 e. The summed E-state index contributed by atoms with van der Waals surface area (Å²) < 4.78 is 0. The molecule has 4 aliphatic carbocycles. The zero-order valence-corrected chi connectivity index (χ0v) is 15.3. The van der Waals surface area contributed by atoms with E-state index in [0.29, 0.717) is 35.7 Å². The smallest absolute Gasteiger partial charge is 0.162 e. The molecule has 4 fully saturated rings. The molecule has 0 amide bonds. The van der Waals surface area contributed by atoms with Crippen LogP contribution in [-0.2, 0) is 4.79 Å². The topological polar surface area (TPSA) is 57.5 Å². The highest BCUT2D eigenvalue weighted by atomic mass is 16.3. The van der Waals surface area contributed by atoms with Crippen LogP contribution in [0.25, 0.3) is 0 Å². The van der Waals surface area contributed by atoms with Crippen LogP contribution in [0.4, 0.5) is 0 Å². The third-order valence-corrected chi connectivity index (χ3v) is 9.14. The van der Waals surface area contributed by atoms with Gasteiger partial charge in [0.15, 0.2) is 5.78 Å². The van der Waals surface area contributed by atoms with Gasteiger partial charge in [-0.1, -0.05) is 13.8 Å². The van der Waals surface area contributed by atoms with Gasteiger partial charge >= 0.3 is 0 Å². The Morgan fingerprint density at radius 1 is 1.04 bits per heavy atom. The molecule has 4 rings (SSSR count). The molecule has 134 valence electrons. The second-order valence-electron chi connectivity index (χ2n) is 9.88. The van der Waals surface area contributed by atoms with E-state index in [1.54, 1.807) is 0 Å². The summed E-state index contributed by atoms with van der Waals surface area (Å²) in [6, 6.07) is 0. The fraction of sp³-hybridized carbons (Fsp3) is 0.857. The third kappa shape index (κ3) is 1.97. The Balaban J connectivity index is 1.67. The van der Waals surface area contributed by atoms with E-state index in [2.05, 4.69) is 13.8 Å². The zero-order valence-electron chi connectivity index (χ0n) is 15.3. The molecule has 4 aliphatic rings. The van der Waals surface area contributed by atoms with Gasteiger partial charge in [0.2, 0.25) is 0 Å². The molecule has 0 saturated heterocycles. The summed E-state index contributed by atoms with van der Waals surface area (Å²) in [5.41, 5.74) is 0.304. The van der Waals surface area contributed by atoms with E-state index in [0.717, 1.165) is 44.8 Å². The van der Waals surface area contributed by atoms with Crippen molar-refractivity contribution in [3.63, 3.8) is 0 Å². The van der Waals surface area contributed by atoms with Crippen molar-refractivity contribution >= 4 is 5.78 Å². The Labute approximate surface area is 145 Å². The molecule has 0 spiro atoms. The molecular formula is C21H32O3. The molecular weight excluding hydrogens is 300 g/mol. The van der Waals surface area contributed by atoms with Crippen molar-refractivity contribution in [3.8, 4) is 0 Å². The summed E-state index contributed by atoms with van der Waals surface area (Å²) in [6.45, 7) is 6.74. The van der Waals surface area contributed by atoms with Gasteiger partial charge in [0, 0.05) is 12.0 Å². The van der Waals surface area contributed by atoms with Crippen LogP contribution in [0.1, 0.15) is 72.1 Å². The SMILES string of the molecule is CC1(O)CC[C@H]2[C@@H]3CCC4CC(=O)C(=CO)C[C@]4(C)[C@@H]3CC[C@@]21C. The summed E-state index contributed by atoms with van der Waals surface area (Å²) in [6.07, 6.45) is 9.11. The number of Topliss-reactive ketones (excluding diaryl/α,β-unsaturated/α-hetero) is 1. The number of carbonyl (C=O) groups excluding carboxylic acids is 1. The maximum Gasteiger partial charge on any atom is 0.162 e. The first-order valence-corrected chi connectivity index (χ1v) is 9.82. The average molecular weight is 332 g/mol. The number of ketones is 1. The van der Waals surface area contributed by atoms with Crippen LogP contribution < -0.4 is 0 Å². The van der Waals surface area contributed by atoms with Crippen LogP contribution >= 0.6 is 0 Å². The predicted octanol–water partition coefficient (Wildman–Crippen LogP) is 4.40. The van der Waals surface area contributed by atoms with Crippen molar-refractivity contribution in [1.29, 1.82) is 0 Å². The maximum absolute atomic E-state index is 12.2. The van der Waals surface area contributed by atoms with Gasteiger partial charge < -0.3 is 10.2 Å². The van der Waals surface area contributed by atoms with Crippen LogP contribution in [0.15, 0.2) is 11.8 Å². The number of allylic oxidation sites excluding steroid dienone is 1. The summed E-state index contributed by atoms with van der Waals surface area (Å²) in [5, 5.41) is 20.5. The molecule has 24 heavy (non-hydrogen) atoms. The molecule has 0 radical (unpaired) electrons. The highest BCUT2D eigenvalue weighted by Gasteiger charge is 2.63. The number of hydrogen-bond donors (Lipinski definition) is 2. The van der Waals surface area contributed by atoms with Crippen LogP contribution in [0.2, 0.25) is 0 Å². The first-order chi connectivity index (χ1) is 11.2. The first kappa shape index (κ1) is 16.6. The van der Waals surface area contributed by atoms with E-state index in [1.165, 1.54) is 6.42 Å². The fourth-order valence-electron chi connectivity index (χ4n) is 7.37. The fourth-order valence-corrected chi connectivity index (χ4v) is 7.37. The lowest BCUT2D eigenvalue weighted by Crippen LogP contribution is -2.56. The monoisotopic (exact) mass is 332 g/mol. The highest BCUT2D eigenvalue weighted by molar-refractivity contribution is 5.96. The van der Waals surface area contributed by atoms with E-state index in [9.17, 15) is 15.0 Å². The summed E-state index contributed by atoms with van der Waals surface area (Å²) in [5.74, 6) is 2.55. The Kier molecular flexibility index (Phi) is 3.53. The number of carbonyl (C=O) groups is 1. The maximum atomic E-state index is 12.2. The van der Waals surface area contributed by atoms with Crippen molar-refractivity contribution in [2.45, 2.75) is 77.7 Å². The summed E-state index contributed by atoms with van der Waals surface area (Å²) in [7, 11) is 0. The second-order valence-corrected chi connectivity index (χ2v) is 9.88. The summed E-state index contributed by atoms with van der Waals surface area (Å²) >= 11 is 0. The van der Waals surface area contributed by atoms with Gasteiger partial charge in [-0.25, -0.2) is 0 Å². The Bertz CT molecular complexity index is 592. The minimum absolute atomic E-state index is 0.0531. The van der Waals surface area contributed by atoms with Gasteiger partial charge in [0.05, 0.1) is 11.9 Å². The largest absolute Gasteiger partial charge is 0.515 e. The van der Waals surface area contributed by atoms with Crippen LogP contribution in [0.5, 0.6) is 0 Å². The molecule has 0 aromatic heterocycles. The van der Waals surface area contributed by atoms with E-state index in [1.807, 2.05) is 6.92 Å². The van der Waals surface area contributed by atoms with Crippen molar-refractivity contribution < 1.29 is 15.0 Å². The summed E-state index contributed by atoms with van der Waals surface area (Å²) in [4.78, 5) is 12.2. The number of aliphatic hydroxyl groups excluding tert-OH is 1. The van der Waals surface area contributed by atoms with E-state index >= 15 is 0 Å². The molecule has 2 N–H and O–H groups in total. The average Bonchev–Trinajstić information content (AvgIpc) is 2.77. The molecule has 3 heteroatoms. The van der Waals surface area contributed by atoms with Crippen molar-refractivity contribution in [2.75, 3.05) is 0 Å². The van der Waals surface area contributed by atoms with E-state index in [4.69, 9.17) is 0 Å². The molecule has 7 atom stereocenters. The lowest BCUT2D eigenvalue weighted by Gasteiger charge is -2.61. The Hall–Kier alpha value is -0.830. The molecule has 0 heterocycles. The van der Waals surface area contributed by atoms with Crippen LogP contribution in [0.3, 0.4) is 0 Å². The van der Waals surface area contributed by atoms with Gasteiger partial charge in [0.1, 0.15) is 0 Å². The Morgan fingerprint density at radius 2 is 1.75 bits per heavy atom. The van der Waals surface area contributed by atoms with Gasteiger partial charge in [0.25, 0.3) is 0 Å². The lowest BCUT2D eigenvalue weighted by atomic mass is 9.44. The molecule has 3 nitrogen and oxygen atoms in total. The van der Waals surface area contributed by atoms with Gasteiger partial charge in [-0.15, -0.1) is 0 Å². The minimum atomic E-state index is -0.529. The molecule has 2 unspecified atom stereocenters. The number of fused-ring (bicyclic) bond motifs is 5. The zero-order chi connectivity index (χ0) is 17.3. The number of rotatable bonds is 0. The Morgan fingerprint density at radius 3 is 2.46 bits per heavy atom. The van der Waals surface area contributed by atoms with Gasteiger partial charge in [-0.3, -0.25) is 4.79 Å². The third-order valence-electron chi connectivity index (χ3n) is 9.14. The quantitative estimate of drug-likeness (QED) is 0.510. The van der Waals surface area contributed by atoms with E-state index < -0.39 is 5.60 Å².